The Kier molecular flexibility index (Phi) is 4.97. The molecule has 1 aliphatic rings. The summed E-state index contributed by atoms with van der Waals surface area (Å²) in [6.07, 6.45) is 6.56. The predicted molar refractivity (Wildman–Crippen MR) is 78.2 cm³/mol. The summed E-state index contributed by atoms with van der Waals surface area (Å²) in [7, 11) is 0. The van der Waals surface area contributed by atoms with Crippen LogP contribution in [-0.2, 0) is 6.42 Å². The number of amides is 1. The first-order valence-corrected chi connectivity index (χ1v) is 7.39. The largest absolute Gasteiger partial charge is 0.352 e. The van der Waals surface area contributed by atoms with E-state index in [9.17, 15) is 4.79 Å². The number of unbranched alkanes of at least 4 members (excludes halogenated alkanes) is 2. The molecule has 3 nitrogen and oxygen atoms in total. The molecule has 1 atom stereocenters. The maximum Gasteiger partial charge on any atom is 0.251 e. The van der Waals surface area contributed by atoms with Gasteiger partial charge in [-0.1, -0.05) is 38.3 Å². The fourth-order valence-electron chi connectivity index (χ4n) is 2.61. The molecule has 0 aromatic heterocycles. The number of nitrogens with one attached hydrogen (secondary N) is 1. The number of hydrogen-bond donors (Lipinski definition) is 2. The van der Waals surface area contributed by atoms with E-state index in [1.807, 2.05) is 6.07 Å². The number of nitrogens with two attached hydrogens (primary N) is 1. The third-order valence-electron chi connectivity index (χ3n) is 3.83. The summed E-state index contributed by atoms with van der Waals surface area (Å²) in [4.78, 5) is 12.0. The van der Waals surface area contributed by atoms with Crippen LogP contribution in [0.25, 0.3) is 0 Å². The number of carbonyl (C=O) groups is 1. The molecule has 1 aromatic carbocycles. The van der Waals surface area contributed by atoms with Crippen LogP contribution in [0.15, 0.2) is 18.2 Å². The molecule has 3 heteroatoms. The molecule has 1 aliphatic heterocycles. The van der Waals surface area contributed by atoms with Gasteiger partial charge in [0.05, 0.1) is 0 Å². The molecule has 2 rings (SSSR count). The molecule has 0 bridgehead atoms. The molecule has 0 aliphatic carbocycles. The van der Waals surface area contributed by atoms with E-state index in [4.69, 9.17) is 5.73 Å². The summed E-state index contributed by atoms with van der Waals surface area (Å²) in [5.74, 6) is 0.0510. The molecule has 3 N–H and O–H groups in total. The molecule has 1 aromatic rings. The lowest BCUT2D eigenvalue weighted by Gasteiger charge is -2.14. The average molecular weight is 260 g/mol. The molecular formula is C16H24N2O. The summed E-state index contributed by atoms with van der Waals surface area (Å²) in [6, 6.07) is 6.21. The van der Waals surface area contributed by atoms with E-state index >= 15 is 0 Å². The minimum Gasteiger partial charge on any atom is -0.352 e. The third kappa shape index (κ3) is 3.57. The van der Waals surface area contributed by atoms with Crippen LogP contribution in [0.3, 0.4) is 0 Å². The highest BCUT2D eigenvalue weighted by molar-refractivity contribution is 5.96. The Hall–Kier alpha value is -1.35. The second kappa shape index (κ2) is 6.71. The summed E-state index contributed by atoms with van der Waals surface area (Å²) in [5.41, 5.74) is 9.28. The summed E-state index contributed by atoms with van der Waals surface area (Å²) >= 11 is 0. The lowest BCUT2D eigenvalue weighted by Crippen LogP contribution is -2.23. The SMILES string of the molecule is CCCCCC(N)c1ccc2c(c1)C(=O)NCCC2. The van der Waals surface area contributed by atoms with Crippen molar-refractivity contribution >= 4 is 5.91 Å². The lowest BCUT2D eigenvalue weighted by atomic mass is 9.95. The second-order valence-corrected chi connectivity index (χ2v) is 5.38. The fourth-order valence-corrected chi connectivity index (χ4v) is 2.61. The average Bonchev–Trinajstić information content (AvgIpc) is 2.61. The van der Waals surface area contributed by atoms with E-state index in [1.54, 1.807) is 0 Å². The zero-order chi connectivity index (χ0) is 13.7. The molecule has 0 saturated carbocycles. The normalized spacial score (nSPS) is 16.4. The number of hydrogen-bond acceptors (Lipinski definition) is 2. The van der Waals surface area contributed by atoms with Gasteiger partial charge >= 0.3 is 0 Å². The van der Waals surface area contributed by atoms with Crippen LogP contribution in [0.1, 0.15) is 66.6 Å². The van der Waals surface area contributed by atoms with Gasteiger partial charge in [-0.2, -0.15) is 0 Å². The highest BCUT2D eigenvalue weighted by atomic mass is 16.1. The molecule has 0 radical (unpaired) electrons. The van der Waals surface area contributed by atoms with Gasteiger partial charge in [-0.25, -0.2) is 0 Å². The van der Waals surface area contributed by atoms with E-state index in [0.717, 1.165) is 48.9 Å². The maximum absolute atomic E-state index is 12.0. The van der Waals surface area contributed by atoms with E-state index in [2.05, 4.69) is 24.4 Å². The fraction of sp³-hybridized carbons (Fsp3) is 0.562. The number of carbonyl (C=O) groups excluding carboxylic acids is 1. The zero-order valence-electron chi connectivity index (χ0n) is 11.7. The molecule has 1 unspecified atom stereocenters. The first kappa shape index (κ1) is 14.1. The third-order valence-corrected chi connectivity index (χ3v) is 3.83. The zero-order valence-corrected chi connectivity index (χ0v) is 11.7. The van der Waals surface area contributed by atoms with Gasteiger partial charge in [0.15, 0.2) is 0 Å². The van der Waals surface area contributed by atoms with Crippen LogP contribution in [0.2, 0.25) is 0 Å². The van der Waals surface area contributed by atoms with Gasteiger partial charge in [-0.15, -0.1) is 0 Å². The van der Waals surface area contributed by atoms with Crippen molar-refractivity contribution in [3.63, 3.8) is 0 Å². The molecule has 0 fully saturated rings. The van der Waals surface area contributed by atoms with Crippen LogP contribution in [0, 0.1) is 0 Å². The number of aryl methyl sites for hydroxylation is 1. The Bertz CT molecular complexity index is 442. The Balaban J connectivity index is 2.12. The topological polar surface area (TPSA) is 55.1 Å². The van der Waals surface area contributed by atoms with Crippen molar-refractivity contribution < 1.29 is 4.79 Å². The molecule has 1 amide bonds. The molecule has 0 spiro atoms. The maximum atomic E-state index is 12.0. The molecular weight excluding hydrogens is 236 g/mol. The van der Waals surface area contributed by atoms with Crippen LogP contribution in [-0.4, -0.2) is 12.5 Å². The van der Waals surface area contributed by atoms with Gasteiger partial charge in [-0.3, -0.25) is 4.79 Å². The highest BCUT2D eigenvalue weighted by Gasteiger charge is 2.17. The Labute approximate surface area is 115 Å². The minimum absolute atomic E-state index is 0.0490. The molecule has 19 heavy (non-hydrogen) atoms. The lowest BCUT2D eigenvalue weighted by molar-refractivity contribution is 0.0956. The van der Waals surface area contributed by atoms with Crippen molar-refractivity contribution in [2.75, 3.05) is 6.54 Å². The van der Waals surface area contributed by atoms with Gasteiger partial charge in [0.1, 0.15) is 0 Å². The van der Waals surface area contributed by atoms with E-state index in [1.165, 1.54) is 12.8 Å². The van der Waals surface area contributed by atoms with E-state index < -0.39 is 0 Å². The number of rotatable bonds is 5. The summed E-state index contributed by atoms with van der Waals surface area (Å²) in [5, 5.41) is 2.94. The Morgan fingerprint density at radius 1 is 1.37 bits per heavy atom. The second-order valence-electron chi connectivity index (χ2n) is 5.38. The van der Waals surface area contributed by atoms with Crippen LogP contribution in [0.4, 0.5) is 0 Å². The van der Waals surface area contributed by atoms with Crippen LogP contribution in [0.5, 0.6) is 0 Å². The van der Waals surface area contributed by atoms with Crippen molar-refractivity contribution in [1.29, 1.82) is 0 Å². The van der Waals surface area contributed by atoms with Crippen molar-refractivity contribution in [2.45, 2.75) is 51.5 Å². The van der Waals surface area contributed by atoms with Crippen molar-refractivity contribution in [1.82, 2.24) is 5.32 Å². The smallest absolute Gasteiger partial charge is 0.251 e. The van der Waals surface area contributed by atoms with Crippen LogP contribution >= 0.6 is 0 Å². The van der Waals surface area contributed by atoms with Crippen molar-refractivity contribution in [2.24, 2.45) is 5.73 Å². The monoisotopic (exact) mass is 260 g/mol. The van der Waals surface area contributed by atoms with Crippen LogP contribution < -0.4 is 11.1 Å². The Morgan fingerprint density at radius 2 is 2.21 bits per heavy atom. The first-order chi connectivity index (χ1) is 9.22. The standard InChI is InChI=1S/C16H24N2O/c1-2-3-4-7-15(17)13-9-8-12-6-5-10-18-16(19)14(12)11-13/h8-9,11,15H,2-7,10,17H2,1H3,(H,18,19). The number of fused-ring (bicyclic) bond motifs is 1. The van der Waals surface area contributed by atoms with Gasteiger partial charge in [-0.05, 0) is 36.5 Å². The number of benzene rings is 1. The van der Waals surface area contributed by atoms with Crippen molar-refractivity contribution in [3.05, 3.63) is 34.9 Å². The van der Waals surface area contributed by atoms with Gasteiger partial charge in [0.2, 0.25) is 0 Å². The summed E-state index contributed by atoms with van der Waals surface area (Å²) in [6.45, 7) is 2.96. The van der Waals surface area contributed by atoms with E-state index in [-0.39, 0.29) is 11.9 Å². The van der Waals surface area contributed by atoms with Crippen molar-refractivity contribution in [3.8, 4) is 0 Å². The summed E-state index contributed by atoms with van der Waals surface area (Å²) < 4.78 is 0. The highest BCUT2D eigenvalue weighted by Crippen LogP contribution is 2.22. The minimum atomic E-state index is 0.0490. The molecule has 104 valence electrons. The predicted octanol–water partition coefficient (Wildman–Crippen LogP) is 2.94. The molecule has 1 heterocycles. The van der Waals surface area contributed by atoms with Gasteiger partial charge in [0.25, 0.3) is 5.91 Å². The Morgan fingerprint density at radius 3 is 3.00 bits per heavy atom. The van der Waals surface area contributed by atoms with Gasteiger partial charge in [0, 0.05) is 18.2 Å². The van der Waals surface area contributed by atoms with E-state index in [0.29, 0.717) is 0 Å². The quantitative estimate of drug-likeness (QED) is 0.800. The van der Waals surface area contributed by atoms with Gasteiger partial charge < -0.3 is 11.1 Å². The molecule has 0 saturated heterocycles. The first-order valence-electron chi connectivity index (χ1n) is 7.39.